The maximum atomic E-state index is 9.38. The van der Waals surface area contributed by atoms with Crippen LogP contribution < -0.4 is 10.1 Å². The fourth-order valence-electron chi connectivity index (χ4n) is 3.00. The molecule has 0 radical (unpaired) electrons. The summed E-state index contributed by atoms with van der Waals surface area (Å²) in [5.74, 6) is 0.864. The van der Waals surface area contributed by atoms with E-state index in [4.69, 9.17) is 14.2 Å². The first-order chi connectivity index (χ1) is 13.6. The van der Waals surface area contributed by atoms with Crippen molar-refractivity contribution >= 4 is 22.7 Å². The number of ether oxygens (including phenoxy) is 3. The Labute approximate surface area is 161 Å². The van der Waals surface area contributed by atoms with Crippen molar-refractivity contribution in [3.05, 3.63) is 24.2 Å². The normalized spacial score (nSPS) is 18.6. The molecule has 3 aromatic heterocycles. The molecule has 4 heterocycles. The lowest BCUT2D eigenvalue weighted by Gasteiger charge is -2.33. The highest BCUT2D eigenvalue weighted by Crippen LogP contribution is 2.29. The molecule has 10 heteroatoms. The van der Waals surface area contributed by atoms with Crippen LogP contribution in [-0.4, -0.2) is 56.8 Å². The Morgan fingerprint density at radius 3 is 3.00 bits per heavy atom. The number of hydrogen-bond acceptors (Lipinski definition) is 8. The maximum Gasteiger partial charge on any atom is 0.257 e. The number of anilines is 2. The summed E-state index contributed by atoms with van der Waals surface area (Å²) < 4.78 is 19.9. The average molecular weight is 383 g/mol. The van der Waals surface area contributed by atoms with Gasteiger partial charge in [-0.05, 0) is 13.0 Å². The summed E-state index contributed by atoms with van der Waals surface area (Å²) in [6, 6.07) is 3.96. The monoisotopic (exact) mass is 383 g/mol. The number of aryl methyl sites for hydroxylation is 1. The summed E-state index contributed by atoms with van der Waals surface area (Å²) in [5, 5.41) is 17.7. The number of hydrogen-bond donors (Lipinski definition) is 1. The zero-order chi connectivity index (χ0) is 19.7. The van der Waals surface area contributed by atoms with Crippen LogP contribution in [0.1, 0.15) is 12.6 Å². The molecule has 1 N–H and O–H groups in total. The van der Waals surface area contributed by atoms with Crippen molar-refractivity contribution in [1.29, 1.82) is 5.26 Å². The molecule has 1 fully saturated rings. The summed E-state index contributed by atoms with van der Waals surface area (Å²) in [6.07, 6.45) is 3.50. The molecule has 0 aliphatic carbocycles. The first kappa shape index (κ1) is 18.2. The van der Waals surface area contributed by atoms with Gasteiger partial charge in [-0.15, -0.1) is 5.10 Å². The zero-order valence-corrected chi connectivity index (χ0v) is 15.9. The van der Waals surface area contributed by atoms with E-state index < -0.39 is 0 Å². The molecule has 0 bridgehead atoms. The minimum absolute atomic E-state index is 0.0247. The van der Waals surface area contributed by atoms with Crippen molar-refractivity contribution in [2.24, 2.45) is 7.05 Å². The lowest BCUT2D eigenvalue weighted by Crippen LogP contribution is -2.46. The molecular weight excluding hydrogens is 362 g/mol. The van der Waals surface area contributed by atoms with E-state index >= 15 is 0 Å². The minimum Gasteiger partial charge on any atom is -0.467 e. The van der Waals surface area contributed by atoms with E-state index in [2.05, 4.69) is 26.5 Å². The fourth-order valence-corrected chi connectivity index (χ4v) is 3.00. The van der Waals surface area contributed by atoms with Gasteiger partial charge in [0.1, 0.15) is 29.2 Å². The first-order valence-electron chi connectivity index (χ1n) is 8.93. The number of rotatable bonds is 7. The summed E-state index contributed by atoms with van der Waals surface area (Å²) >= 11 is 0. The van der Waals surface area contributed by atoms with Gasteiger partial charge in [0.05, 0.1) is 25.5 Å². The van der Waals surface area contributed by atoms with Gasteiger partial charge in [-0.25, -0.2) is 4.98 Å². The van der Waals surface area contributed by atoms with Crippen LogP contribution in [-0.2, 0) is 23.1 Å². The Morgan fingerprint density at radius 1 is 1.46 bits per heavy atom. The molecule has 146 valence electrons. The first-order valence-corrected chi connectivity index (χ1v) is 8.93. The SMILES string of the molecule is COCCn1c(C#N)cc2cnc(Nc3cn(C)nc3O[C@H]3CO[C@@H]3C)nc21. The highest BCUT2D eigenvalue weighted by atomic mass is 16.6. The molecule has 0 unspecified atom stereocenters. The van der Waals surface area contributed by atoms with Gasteiger partial charge in [-0.1, -0.05) is 0 Å². The van der Waals surface area contributed by atoms with Crippen molar-refractivity contribution in [2.75, 3.05) is 25.6 Å². The molecule has 1 saturated heterocycles. The van der Waals surface area contributed by atoms with Gasteiger partial charge >= 0.3 is 0 Å². The molecule has 28 heavy (non-hydrogen) atoms. The Kier molecular flexibility index (Phi) is 4.85. The quantitative estimate of drug-likeness (QED) is 0.655. The topological polar surface area (TPSA) is 112 Å². The summed E-state index contributed by atoms with van der Waals surface area (Å²) in [5.41, 5.74) is 1.85. The second-order valence-electron chi connectivity index (χ2n) is 6.60. The third-order valence-corrected chi connectivity index (χ3v) is 4.62. The summed E-state index contributed by atoms with van der Waals surface area (Å²) in [6.45, 7) is 3.51. The van der Waals surface area contributed by atoms with Crippen LogP contribution in [0.25, 0.3) is 11.0 Å². The Hall–Kier alpha value is -3.16. The molecule has 10 nitrogen and oxygen atoms in total. The third kappa shape index (κ3) is 3.37. The second-order valence-corrected chi connectivity index (χ2v) is 6.60. The number of methoxy groups -OCH3 is 1. The molecule has 0 saturated carbocycles. The number of aromatic nitrogens is 5. The van der Waals surface area contributed by atoms with Crippen LogP contribution in [0.4, 0.5) is 11.6 Å². The van der Waals surface area contributed by atoms with E-state index in [9.17, 15) is 5.26 Å². The Morgan fingerprint density at radius 2 is 2.32 bits per heavy atom. The highest BCUT2D eigenvalue weighted by Gasteiger charge is 2.31. The Balaban J connectivity index is 1.62. The van der Waals surface area contributed by atoms with E-state index in [-0.39, 0.29) is 12.2 Å². The van der Waals surface area contributed by atoms with Crippen LogP contribution in [0.15, 0.2) is 18.5 Å². The molecule has 2 atom stereocenters. The van der Waals surface area contributed by atoms with Gasteiger partial charge in [0.25, 0.3) is 5.88 Å². The van der Waals surface area contributed by atoms with E-state index in [1.165, 1.54) is 0 Å². The van der Waals surface area contributed by atoms with E-state index in [0.29, 0.717) is 48.6 Å². The molecule has 0 aromatic carbocycles. The van der Waals surface area contributed by atoms with Gasteiger partial charge in [0.15, 0.2) is 0 Å². The van der Waals surface area contributed by atoms with Gasteiger partial charge < -0.3 is 24.1 Å². The standard InChI is InChI=1S/C18H21N7O3/c1-11-15(10-27-11)28-17-14(9-24(2)23-17)21-18-20-8-12-6-13(7-19)25(4-5-26-3)16(12)22-18/h6,8-9,11,15H,4-5,10H2,1-3H3,(H,20,21,22)/t11-,15+/m1/s1. The van der Waals surface area contributed by atoms with Crippen molar-refractivity contribution in [3.63, 3.8) is 0 Å². The highest BCUT2D eigenvalue weighted by molar-refractivity contribution is 5.79. The third-order valence-electron chi connectivity index (χ3n) is 4.62. The van der Waals surface area contributed by atoms with Crippen LogP contribution in [0.3, 0.4) is 0 Å². The smallest absolute Gasteiger partial charge is 0.257 e. The van der Waals surface area contributed by atoms with Crippen LogP contribution in [0.2, 0.25) is 0 Å². The molecule has 1 aliphatic rings. The predicted molar refractivity (Wildman–Crippen MR) is 100 cm³/mol. The van der Waals surface area contributed by atoms with Crippen molar-refractivity contribution < 1.29 is 14.2 Å². The van der Waals surface area contributed by atoms with E-state index in [1.54, 1.807) is 30.3 Å². The van der Waals surface area contributed by atoms with E-state index in [0.717, 1.165) is 5.39 Å². The van der Waals surface area contributed by atoms with E-state index in [1.807, 2.05) is 18.5 Å². The lowest BCUT2D eigenvalue weighted by molar-refractivity contribution is -0.140. The zero-order valence-electron chi connectivity index (χ0n) is 15.9. The van der Waals surface area contributed by atoms with Crippen LogP contribution in [0, 0.1) is 11.3 Å². The second kappa shape index (κ2) is 7.46. The average Bonchev–Trinajstić information content (AvgIpc) is 3.22. The van der Waals surface area contributed by atoms with Crippen LogP contribution >= 0.6 is 0 Å². The summed E-state index contributed by atoms with van der Waals surface area (Å²) in [4.78, 5) is 8.94. The predicted octanol–water partition coefficient (Wildman–Crippen LogP) is 1.59. The van der Waals surface area contributed by atoms with Crippen molar-refractivity contribution in [3.8, 4) is 11.9 Å². The lowest BCUT2D eigenvalue weighted by atomic mass is 10.2. The number of nitrogens with zero attached hydrogens (tertiary/aromatic N) is 6. The van der Waals surface area contributed by atoms with Crippen molar-refractivity contribution in [2.45, 2.75) is 25.7 Å². The molecule has 4 rings (SSSR count). The Bertz CT molecular complexity index is 1040. The van der Waals surface area contributed by atoms with Gasteiger partial charge in [0.2, 0.25) is 5.95 Å². The summed E-state index contributed by atoms with van der Waals surface area (Å²) in [7, 11) is 3.44. The minimum atomic E-state index is -0.0247. The molecular formula is C18H21N7O3. The molecule has 1 aliphatic heterocycles. The van der Waals surface area contributed by atoms with Crippen LogP contribution in [0.5, 0.6) is 5.88 Å². The van der Waals surface area contributed by atoms with Gasteiger partial charge in [-0.3, -0.25) is 4.68 Å². The maximum absolute atomic E-state index is 9.38. The number of nitrogens with one attached hydrogen (secondary N) is 1. The van der Waals surface area contributed by atoms with Crippen molar-refractivity contribution in [1.82, 2.24) is 24.3 Å². The van der Waals surface area contributed by atoms with Gasteiger partial charge in [-0.2, -0.15) is 10.2 Å². The molecule has 3 aromatic rings. The molecule has 0 spiro atoms. The van der Waals surface area contributed by atoms with Gasteiger partial charge in [0, 0.05) is 32.3 Å². The largest absolute Gasteiger partial charge is 0.467 e. The molecule has 0 amide bonds. The number of fused-ring (bicyclic) bond motifs is 1. The number of nitriles is 1. The fraction of sp³-hybridized carbons (Fsp3) is 0.444.